The molecule has 3 atom stereocenters. The molecule has 2 amide bonds. The molecule has 2 aromatic rings. The molecule has 2 aliphatic heterocycles. The van der Waals surface area contributed by atoms with E-state index in [1.807, 2.05) is 6.92 Å². The largest absolute Gasteiger partial charge is 0.488 e. The third-order valence-corrected chi connectivity index (χ3v) is 5.02. The fourth-order valence-electron chi connectivity index (χ4n) is 3.50. The van der Waals surface area contributed by atoms with Crippen LogP contribution in [0.25, 0.3) is 11.4 Å². The fraction of sp³-hybridized carbons (Fsp3) is 0.421. The van der Waals surface area contributed by atoms with Gasteiger partial charge in [-0.3, -0.25) is 4.79 Å². The smallest absolute Gasteiger partial charge is 0.416 e. The maximum atomic E-state index is 13.3. The van der Waals surface area contributed by atoms with Crippen molar-refractivity contribution in [2.24, 2.45) is 5.73 Å². The van der Waals surface area contributed by atoms with Crippen LogP contribution in [-0.4, -0.2) is 52.8 Å². The average Bonchev–Trinajstić information content (AvgIpc) is 3.22. The van der Waals surface area contributed by atoms with Crippen LogP contribution in [0.2, 0.25) is 0 Å². The summed E-state index contributed by atoms with van der Waals surface area (Å²) < 4.78 is 39.2. The van der Waals surface area contributed by atoms with Crippen molar-refractivity contribution in [1.82, 2.24) is 9.55 Å². The van der Waals surface area contributed by atoms with Gasteiger partial charge in [0.1, 0.15) is 36.4 Å². The van der Waals surface area contributed by atoms with E-state index in [0.29, 0.717) is 29.4 Å². The number of carbonyl (C=O) groups excluding carboxylic acids is 2. The maximum absolute atomic E-state index is 13.3. The molecule has 160 valence electrons. The first kappa shape index (κ1) is 19.9. The minimum atomic E-state index is -2.76. The number of amides is 2. The zero-order valence-corrected chi connectivity index (χ0v) is 16.3. The number of cyclic esters (lactones) is 1. The normalized spacial score (nSPS) is 21.4. The topological polar surface area (TPSA) is 112 Å². The van der Waals surface area contributed by atoms with Gasteiger partial charge in [-0.05, 0) is 26.0 Å². The number of aromatic nitrogens is 2. The van der Waals surface area contributed by atoms with E-state index in [0.717, 1.165) is 4.90 Å². The third kappa shape index (κ3) is 3.51. The van der Waals surface area contributed by atoms with Crippen molar-refractivity contribution >= 4 is 23.5 Å². The van der Waals surface area contributed by atoms with Gasteiger partial charge in [-0.25, -0.2) is 23.5 Å². The number of anilines is 2. The molecular formula is C19H21F2N5O4. The molecule has 0 bridgehead atoms. The first-order valence-electron chi connectivity index (χ1n) is 9.43. The van der Waals surface area contributed by atoms with Gasteiger partial charge in [0.05, 0.1) is 12.1 Å². The number of imidazole rings is 1. The minimum absolute atomic E-state index is 0.0994. The Bertz CT molecular complexity index is 995. The highest BCUT2D eigenvalue weighted by molar-refractivity contribution is 5.90. The number of alkyl halides is 2. The molecule has 11 heteroatoms. The molecule has 4 rings (SSSR count). The molecule has 1 saturated heterocycles. The van der Waals surface area contributed by atoms with Crippen molar-refractivity contribution in [3.63, 3.8) is 0 Å². The van der Waals surface area contributed by atoms with Gasteiger partial charge >= 0.3 is 6.09 Å². The Morgan fingerprint density at radius 2 is 2.17 bits per heavy atom. The van der Waals surface area contributed by atoms with Gasteiger partial charge in [0.25, 0.3) is 6.43 Å². The van der Waals surface area contributed by atoms with Crippen LogP contribution in [0.4, 0.5) is 25.1 Å². The van der Waals surface area contributed by atoms with Crippen molar-refractivity contribution in [3.8, 4) is 17.1 Å². The van der Waals surface area contributed by atoms with Crippen molar-refractivity contribution in [2.45, 2.75) is 45.0 Å². The zero-order valence-electron chi connectivity index (χ0n) is 16.3. The lowest BCUT2D eigenvalue weighted by molar-refractivity contribution is -0.118. The molecular weight excluding hydrogens is 400 g/mol. The van der Waals surface area contributed by atoms with Gasteiger partial charge < -0.3 is 25.1 Å². The predicted molar refractivity (Wildman–Crippen MR) is 104 cm³/mol. The molecule has 1 fully saturated rings. The number of nitrogens with zero attached hydrogens (tertiary/aromatic N) is 3. The SMILES string of the molecule is CC(Nc1ccc2c(c1)O[C@@H](C)Cn1cc(N3C(=O)OC[C@H]3C(F)F)nc1-2)C(N)=O. The van der Waals surface area contributed by atoms with Crippen LogP contribution in [-0.2, 0) is 16.1 Å². The first-order valence-corrected chi connectivity index (χ1v) is 9.43. The number of benzene rings is 1. The predicted octanol–water partition coefficient (Wildman–Crippen LogP) is 2.21. The Hall–Kier alpha value is -3.37. The highest BCUT2D eigenvalue weighted by Crippen LogP contribution is 2.38. The maximum Gasteiger partial charge on any atom is 0.416 e. The Labute approximate surface area is 170 Å². The van der Waals surface area contributed by atoms with Crippen molar-refractivity contribution in [2.75, 3.05) is 16.8 Å². The second kappa shape index (κ2) is 7.47. The molecule has 9 nitrogen and oxygen atoms in total. The monoisotopic (exact) mass is 421 g/mol. The Balaban J connectivity index is 1.72. The number of carbonyl (C=O) groups is 2. The summed E-state index contributed by atoms with van der Waals surface area (Å²) in [6.45, 7) is 3.52. The highest BCUT2D eigenvalue weighted by atomic mass is 19.3. The van der Waals surface area contributed by atoms with Crippen LogP contribution in [0.15, 0.2) is 24.4 Å². The third-order valence-electron chi connectivity index (χ3n) is 5.02. The number of rotatable bonds is 5. The summed E-state index contributed by atoms with van der Waals surface area (Å²) in [6.07, 6.45) is -2.31. The summed E-state index contributed by atoms with van der Waals surface area (Å²) in [5.74, 6) is 0.592. The number of nitrogens with two attached hydrogens (primary N) is 1. The first-order chi connectivity index (χ1) is 14.2. The lowest BCUT2D eigenvalue weighted by Gasteiger charge is -2.18. The Morgan fingerprint density at radius 1 is 1.40 bits per heavy atom. The minimum Gasteiger partial charge on any atom is -0.488 e. The number of fused-ring (bicyclic) bond motifs is 3. The van der Waals surface area contributed by atoms with Crippen LogP contribution in [0.1, 0.15) is 13.8 Å². The van der Waals surface area contributed by atoms with E-state index in [-0.39, 0.29) is 18.5 Å². The van der Waals surface area contributed by atoms with Gasteiger partial charge in [-0.2, -0.15) is 0 Å². The number of nitrogens with one attached hydrogen (secondary N) is 1. The van der Waals surface area contributed by atoms with E-state index in [4.69, 9.17) is 15.2 Å². The second-order valence-electron chi connectivity index (χ2n) is 7.33. The average molecular weight is 421 g/mol. The quantitative estimate of drug-likeness (QED) is 0.766. The van der Waals surface area contributed by atoms with Crippen LogP contribution in [0, 0.1) is 0 Å². The zero-order chi connectivity index (χ0) is 21.6. The van der Waals surface area contributed by atoms with Gasteiger partial charge in [0.15, 0.2) is 5.82 Å². The Morgan fingerprint density at radius 3 is 2.87 bits per heavy atom. The molecule has 0 spiro atoms. The van der Waals surface area contributed by atoms with E-state index in [9.17, 15) is 18.4 Å². The molecule has 30 heavy (non-hydrogen) atoms. The number of halogens is 2. The van der Waals surface area contributed by atoms with E-state index >= 15 is 0 Å². The Kier molecular flexibility index (Phi) is 4.96. The molecule has 0 radical (unpaired) electrons. The molecule has 1 aromatic heterocycles. The van der Waals surface area contributed by atoms with E-state index in [1.165, 1.54) is 0 Å². The van der Waals surface area contributed by atoms with Crippen molar-refractivity contribution in [3.05, 3.63) is 24.4 Å². The van der Waals surface area contributed by atoms with Crippen molar-refractivity contribution in [1.29, 1.82) is 0 Å². The summed E-state index contributed by atoms with van der Waals surface area (Å²) in [4.78, 5) is 28.7. The van der Waals surface area contributed by atoms with Crippen LogP contribution >= 0.6 is 0 Å². The van der Waals surface area contributed by atoms with Crippen molar-refractivity contribution < 1.29 is 27.8 Å². The second-order valence-corrected chi connectivity index (χ2v) is 7.33. The summed E-state index contributed by atoms with van der Waals surface area (Å²) in [5.41, 5.74) is 6.56. The molecule has 0 saturated carbocycles. The van der Waals surface area contributed by atoms with Crippen LogP contribution in [0.3, 0.4) is 0 Å². The standard InChI is InChI=1S/C19H21F2N5O4/c1-9-6-25-7-15(26-13(16(20)21)8-29-19(26)28)24-18(25)12-4-3-11(5-14(12)30-9)23-10(2)17(22)27/h3-5,7,9-10,13,16,23H,6,8H2,1-2H3,(H2,22,27)/t9-,10?,13-/m0/s1. The van der Waals surface area contributed by atoms with Crippen LogP contribution in [0.5, 0.6) is 5.75 Å². The van der Waals surface area contributed by atoms with Gasteiger partial charge in [0.2, 0.25) is 5.91 Å². The van der Waals surface area contributed by atoms with Gasteiger partial charge in [0, 0.05) is 18.0 Å². The molecule has 3 N–H and O–H groups in total. The number of primary amides is 1. The molecule has 0 aliphatic carbocycles. The summed E-state index contributed by atoms with van der Waals surface area (Å²) in [7, 11) is 0. The molecule has 1 aromatic carbocycles. The summed E-state index contributed by atoms with van der Waals surface area (Å²) in [6, 6.07) is 3.25. The van der Waals surface area contributed by atoms with Gasteiger partial charge in [-0.1, -0.05) is 0 Å². The van der Waals surface area contributed by atoms with E-state index in [1.54, 1.807) is 35.9 Å². The lowest BCUT2D eigenvalue weighted by atomic mass is 10.1. The number of hydrogen-bond donors (Lipinski definition) is 2. The van der Waals surface area contributed by atoms with Gasteiger partial charge in [-0.15, -0.1) is 0 Å². The fourth-order valence-corrected chi connectivity index (χ4v) is 3.50. The number of ether oxygens (including phenoxy) is 2. The van der Waals surface area contributed by atoms with E-state index < -0.39 is 30.5 Å². The number of hydrogen-bond acceptors (Lipinski definition) is 6. The lowest BCUT2D eigenvalue weighted by Crippen LogP contribution is -2.38. The molecule has 2 aliphatic rings. The van der Waals surface area contributed by atoms with E-state index in [2.05, 4.69) is 10.3 Å². The molecule has 3 heterocycles. The highest BCUT2D eigenvalue weighted by Gasteiger charge is 2.42. The summed E-state index contributed by atoms with van der Waals surface area (Å²) >= 11 is 0. The van der Waals surface area contributed by atoms with Crippen LogP contribution < -0.4 is 20.7 Å². The summed E-state index contributed by atoms with van der Waals surface area (Å²) in [5, 5.41) is 2.99. The molecule has 1 unspecified atom stereocenters.